The first kappa shape index (κ1) is 11.3. The van der Waals surface area contributed by atoms with Crippen molar-refractivity contribution in [3.8, 4) is 0 Å². The van der Waals surface area contributed by atoms with Crippen LogP contribution in [0.5, 0.6) is 0 Å². The molecule has 0 amide bonds. The van der Waals surface area contributed by atoms with Gasteiger partial charge in [-0.2, -0.15) is 0 Å². The second kappa shape index (κ2) is 3.37. The summed E-state index contributed by atoms with van der Waals surface area (Å²) >= 11 is 0. The number of hydrogen-bond acceptors (Lipinski definition) is 2. The highest BCUT2D eigenvalue weighted by Crippen LogP contribution is 2.65. The van der Waals surface area contributed by atoms with E-state index in [1.807, 2.05) is 0 Å². The second-order valence-corrected chi connectivity index (χ2v) is 6.68. The molecule has 3 rings (SSSR count). The maximum atomic E-state index is 12.0. The molecule has 1 saturated heterocycles. The van der Waals surface area contributed by atoms with Gasteiger partial charge in [-0.15, -0.1) is 0 Å². The zero-order valence-corrected chi connectivity index (χ0v) is 11.0. The molecule has 2 aliphatic carbocycles. The van der Waals surface area contributed by atoms with E-state index in [1.54, 1.807) is 0 Å². The molecule has 0 aromatic heterocycles. The van der Waals surface area contributed by atoms with Crippen molar-refractivity contribution in [2.75, 3.05) is 6.61 Å². The van der Waals surface area contributed by atoms with Gasteiger partial charge in [0.25, 0.3) is 0 Å². The van der Waals surface area contributed by atoms with Crippen LogP contribution in [-0.2, 0) is 9.53 Å². The predicted molar refractivity (Wildman–Crippen MR) is 66.2 cm³/mol. The van der Waals surface area contributed by atoms with Crippen molar-refractivity contribution >= 4 is 5.97 Å². The Hall–Kier alpha value is -0.790. The zero-order valence-electron chi connectivity index (χ0n) is 11.0. The molecule has 2 heteroatoms. The summed E-state index contributed by atoms with van der Waals surface area (Å²) in [4.78, 5) is 12.0. The minimum atomic E-state index is -0.00692. The average molecular weight is 234 g/mol. The van der Waals surface area contributed by atoms with Crippen LogP contribution in [0.2, 0.25) is 0 Å². The standard InChI is InChI=1S/C15H22O2/c1-8(2)10-5-6-15(4)9(3)12-13(10)11(15)7-17-14(12)16/h8,10-13H,3,5-7H2,1-2,4H3/t10-,11+,12?,13+,15+/m1/s1. The summed E-state index contributed by atoms with van der Waals surface area (Å²) in [5.41, 5.74) is 1.32. The molecule has 5 atom stereocenters. The second-order valence-electron chi connectivity index (χ2n) is 6.68. The fraction of sp³-hybridized carbons (Fsp3) is 0.800. The van der Waals surface area contributed by atoms with Gasteiger partial charge in [-0.3, -0.25) is 4.79 Å². The van der Waals surface area contributed by atoms with Crippen LogP contribution in [0.25, 0.3) is 0 Å². The van der Waals surface area contributed by atoms with E-state index in [0.29, 0.717) is 30.3 Å². The van der Waals surface area contributed by atoms with Crippen LogP contribution in [0.4, 0.5) is 0 Å². The molecule has 0 aromatic carbocycles. The monoisotopic (exact) mass is 234 g/mol. The van der Waals surface area contributed by atoms with Crippen molar-refractivity contribution in [1.29, 1.82) is 0 Å². The Balaban J connectivity index is 2.06. The SMILES string of the molecule is C=C1C2C(=O)OC[C@H]3[C@@H]2[C@@H](C(C)C)CC[C@@]13C. The topological polar surface area (TPSA) is 26.3 Å². The molecule has 0 spiro atoms. The van der Waals surface area contributed by atoms with Crippen LogP contribution in [0, 0.1) is 35.0 Å². The Kier molecular flexibility index (Phi) is 2.24. The molecule has 4 bridgehead atoms. The zero-order chi connectivity index (χ0) is 12.4. The number of ether oxygens (including phenoxy) is 1. The van der Waals surface area contributed by atoms with Crippen LogP contribution in [0.1, 0.15) is 33.6 Å². The third-order valence-corrected chi connectivity index (χ3v) is 5.78. The lowest BCUT2D eigenvalue weighted by Gasteiger charge is -2.45. The number of hydrogen-bond donors (Lipinski definition) is 0. The fourth-order valence-electron chi connectivity index (χ4n) is 4.67. The Bertz CT molecular complexity index is 384. The van der Waals surface area contributed by atoms with Crippen LogP contribution >= 0.6 is 0 Å². The number of esters is 1. The smallest absolute Gasteiger partial charge is 0.313 e. The Morgan fingerprint density at radius 2 is 2.18 bits per heavy atom. The molecule has 0 radical (unpaired) electrons. The molecule has 1 aliphatic heterocycles. The van der Waals surface area contributed by atoms with Crippen molar-refractivity contribution in [3.05, 3.63) is 12.2 Å². The summed E-state index contributed by atoms with van der Waals surface area (Å²) in [6.45, 7) is 11.7. The summed E-state index contributed by atoms with van der Waals surface area (Å²) in [7, 11) is 0. The van der Waals surface area contributed by atoms with E-state index in [-0.39, 0.29) is 17.3 Å². The van der Waals surface area contributed by atoms with Gasteiger partial charge >= 0.3 is 5.97 Å². The molecule has 3 aliphatic rings. The minimum Gasteiger partial charge on any atom is -0.465 e. The van der Waals surface area contributed by atoms with Gasteiger partial charge < -0.3 is 4.74 Å². The van der Waals surface area contributed by atoms with E-state index in [0.717, 1.165) is 5.57 Å². The highest BCUT2D eigenvalue weighted by atomic mass is 16.5. The van der Waals surface area contributed by atoms with Crippen molar-refractivity contribution in [2.45, 2.75) is 33.6 Å². The Morgan fingerprint density at radius 1 is 1.47 bits per heavy atom. The largest absolute Gasteiger partial charge is 0.465 e. The third-order valence-electron chi connectivity index (χ3n) is 5.78. The van der Waals surface area contributed by atoms with Crippen LogP contribution in [-0.4, -0.2) is 12.6 Å². The van der Waals surface area contributed by atoms with E-state index in [9.17, 15) is 4.79 Å². The normalized spacial score (nSPS) is 48.5. The van der Waals surface area contributed by atoms with E-state index < -0.39 is 0 Å². The first-order valence-corrected chi connectivity index (χ1v) is 6.82. The van der Waals surface area contributed by atoms with Crippen molar-refractivity contribution in [1.82, 2.24) is 0 Å². The number of rotatable bonds is 1. The molecule has 0 aromatic rings. The first-order valence-electron chi connectivity index (χ1n) is 6.82. The molecule has 17 heavy (non-hydrogen) atoms. The van der Waals surface area contributed by atoms with Crippen LogP contribution in [0.3, 0.4) is 0 Å². The maximum absolute atomic E-state index is 12.0. The molecule has 1 unspecified atom stereocenters. The summed E-state index contributed by atoms with van der Waals surface area (Å²) < 4.78 is 5.37. The van der Waals surface area contributed by atoms with Crippen molar-refractivity contribution in [3.63, 3.8) is 0 Å². The van der Waals surface area contributed by atoms with Gasteiger partial charge in [0.2, 0.25) is 0 Å². The molecule has 2 saturated carbocycles. The third kappa shape index (κ3) is 1.24. The van der Waals surface area contributed by atoms with E-state index in [4.69, 9.17) is 4.74 Å². The molecule has 1 heterocycles. The highest BCUT2D eigenvalue weighted by Gasteiger charge is 2.63. The lowest BCUT2D eigenvalue weighted by molar-refractivity contribution is -0.161. The van der Waals surface area contributed by atoms with Gasteiger partial charge in [0.15, 0.2) is 0 Å². The highest BCUT2D eigenvalue weighted by molar-refractivity contribution is 5.79. The summed E-state index contributed by atoms with van der Waals surface area (Å²) in [5, 5.41) is 0. The Morgan fingerprint density at radius 3 is 2.82 bits per heavy atom. The van der Waals surface area contributed by atoms with Gasteiger partial charge in [-0.1, -0.05) is 32.9 Å². The Labute approximate surface area is 103 Å². The van der Waals surface area contributed by atoms with E-state index in [1.165, 1.54) is 12.8 Å². The van der Waals surface area contributed by atoms with Gasteiger partial charge in [-0.25, -0.2) is 0 Å². The lowest BCUT2D eigenvalue weighted by atomic mass is 9.61. The molecule has 0 N–H and O–H groups in total. The van der Waals surface area contributed by atoms with Gasteiger partial charge in [0.05, 0.1) is 12.5 Å². The maximum Gasteiger partial charge on any atom is 0.313 e. The summed E-state index contributed by atoms with van der Waals surface area (Å²) in [6.07, 6.45) is 2.43. The van der Waals surface area contributed by atoms with Gasteiger partial charge in [0, 0.05) is 5.92 Å². The average Bonchev–Trinajstić information content (AvgIpc) is 2.35. The number of carbonyl (C=O) groups excluding carboxylic acids is 1. The number of carbonyl (C=O) groups is 1. The molecule has 2 nitrogen and oxygen atoms in total. The predicted octanol–water partition coefficient (Wildman–Crippen LogP) is 3.03. The first-order chi connectivity index (χ1) is 7.97. The summed E-state index contributed by atoms with van der Waals surface area (Å²) in [5.74, 6) is 2.35. The molecule has 94 valence electrons. The minimum absolute atomic E-state index is 0.00588. The summed E-state index contributed by atoms with van der Waals surface area (Å²) in [6, 6.07) is 0. The van der Waals surface area contributed by atoms with Gasteiger partial charge in [-0.05, 0) is 36.0 Å². The quantitative estimate of drug-likeness (QED) is 0.515. The fourth-order valence-corrected chi connectivity index (χ4v) is 4.67. The van der Waals surface area contributed by atoms with Crippen LogP contribution in [0.15, 0.2) is 12.2 Å². The van der Waals surface area contributed by atoms with Crippen molar-refractivity contribution in [2.24, 2.45) is 35.0 Å². The number of cyclic esters (lactones) is 1. The van der Waals surface area contributed by atoms with E-state index >= 15 is 0 Å². The lowest BCUT2D eigenvalue weighted by Crippen LogP contribution is -2.44. The molecular formula is C15H22O2. The van der Waals surface area contributed by atoms with E-state index in [2.05, 4.69) is 27.4 Å². The molecule has 3 fully saturated rings. The van der Waals surface area contributed by atoms with Crippen molar-refractivity contribution < 1.29 is 9.53 Å². The van der Waals surface area contributed by atoms with Crippen LogP contribution < -0.4 is 0 Å². The van der Waals surface area contributed by atoms with Gasteiger partial charge in [0.1, 0.15) is 0 Å². The molecular weight excluding hydrogens is 212 g/mol.